The molecule has 64 valence electrons. The van der Waals surface area contributed by atoms with Crippen molar-refractivity contribution in [1.82, 2.24) is 0 Å². The average Bonchev–Trinajstić information content (AvgIpc) is 2.08. The summed E-state index contributed by atoms with van der Waals surface area (Å²) in [4.78, 5) is 10.3. The second-order valence-electron chi connectivity index (χ2n) is 3.12. The molecule has 2 atom stereocenters. The van der Waals surface area contributed by atoms with E-state index in [0.29, 0.717) is 17.4 Å². The molecule has 3 nitrogen and oxygen atoms in total. The van der Waals surface area contributed by atoms with Gasteiger partial charge in [0.15, 0.2) is 0 Å². The largest absolute Gasteiger partial charge is 0.481 e. The van der Waals surface area contributed by atoms with Crippen molar-refractivity contribution in [2.75, 3.05) is 5.75 Å². The predicted octanol–water partition coefficient (Wildman–Crippen LogP) is 0.718. The highest BCUT2D eigenvalue weighted by Gasteiger charge is 2.37. The van der Waals surface area contributed by atoms with E-state index in [0.717, 1.165) is 0 Å². The third kappa shape index (κ3) is 2.38. The van der Waals surface area contributed by atoms with Crippen molar-refractivity contribution >= 4 is 17.7 Å². The molecule has 1 aliphatic heterocycles. The van der Waals surface area contributed by atoms with Crippen LogP contribution < -0.4 is 0 Å². The SMILES string of the molecule is CC1CC(O)(CC(=O)O)CS1. The Morgan fingerprint density at radius 1 is 1.82 bits per heavy atom. The maximum atomic E-state index is 10.3. The van der Waals surface area contributed by atoms with Crippen LogP contribution in [0.15, 0.2) is 0 Å². The molecule has 1 aliphatic rings. The van der Waals surface area contributed by atoms with E-state index in [4.69, 9.17) is 5.11 Å². The van der Waals surface area contributed by atoms with Gasteiger partial charge < -0.3 is 10.2 Å². The lowest BCUT2D eigenvalue weighted by atomic mass is 9.97. The molecule has 1 rings (SSSR count). The molecule has 11 heavy (non-hydrogen) atoms. The summed E-state index contributed by atoms with van der Waals surface area (Å²) in [5, 5.41) is 18.5. The third-order valence-electron chi connectivity index (χ3n) is 1.78. The number of carboxylic acid groups (broad SMARTS) is 1. The number of aliphatic carboxylic acids is 1. The van der Waals surface area contributed by atoms with Gasteiger partial charge in [0.05, 0.1) is 12.0 Å². The van der Waals surface area contributed by atoms with Crippen LogP contribution in [0.1, 0.15) is 19.8 Å². The molecule has 1 fully saturated rings. The van der Waals surface area contributed by atoms with Crippen LogP contribution in [0.25, 0.3) is 0 Å². The van der Waals surface area contributed by atoms with Crippen LogP contribution in [0.4, 0.5) is 0 Å². The fourth-order valence-electron chi connectivity index (χ4n) is 1.36. The first-order valence-electron chi connectivity index (χ1n) is 3.58. The second-order valence-corrected chi connectivity index (χ2v) is 4.55. The summed E-state index contributed by atoms with van der Waals surface area (Å²) in [7, 11) is 0. The van der Waals surface area contributed by atoms with Gasteiger partial charge in [-0.1, -0.05) is 6.92 Å². The van der Waals surface area contributed by atoms with Crippen molar-refractivity contribution in [3.63, 3.8) is 0 Å². The number of aliphatic hydroxyl groups is 1. The first-order valence-corrected chi connectivity index (χ1v) is 4.62. The quantitative estimate of drug-likeness (QED) is 0.651. The zero-order chi connectivity index (χ0) is 8.48. The van der Waals surface area contributed by atoms with Crippen molar-refractivity contribution in [1.29, 1.82) is 0 Å². The second kappa shape index (κ2) is 3.03. The van der Waals surface area contributed by atoms with Gasteiger partial charge in [-0.2, -0.15) is 11.8 Å². The monoisotopic (exact) mass is 176 g/mol. The Hall–Kier alpha value is -0.220. The van der Waals surface area contributed by atoms with E-state index in [2.05, 4.69) is 0 Å². The van der Waals surface area contributed by atoms with Gasteiger partial charge in [0.1, 0.15) is 0 Å². The fourth-order valence-corrected chi connectivity index (χ4v) is 2.60. The van der Waals surface area contributed by atoms with E-state index >= 15 is 0 Å². The van der Waals surface area contributed by atoms with Crippen molar-refractivity contribution < 1.29 is 15.0 Å². The van der Waals surface area contributed by atoms with Gasteiger partial charge in [0.25, 0.3) is 0 Å². The minimum Gasteiger partial charge on any atom is -0.481 e. The Bertz CT molecular complexity index is 171. The topological polar surface area (TPSA) is 57.5 Å². The van der Waals surface area contributed by atoms with Gasteiger partial charge in [0, 0.05) is 11.0 Å². The van der Waals surface area contributed by atoms with Crippen molar-refractivity contribution in [2.24, 2.45) is 0 Å². The van der Waals surface area contributed by atoms with E-state index in [-0.39, 0.29) is 6.42 Å². The normalized spacial score (nSPS) is 37.5. The number of hydrogen-bond donors (Lipinski definition) is 2. The first kappa shape index (κ1) is 8.87. The molecule has 2 N–H and O–H groups in total. The third-order valence-corrected chi connectivity index (χ3v) is 3.22. The summed E-state index contributed by atoms with van der Waals surface area (Å²) in [6, 6.07) is 0. The van der Waals surface area contributed by atoms with Crippen molar-refractivity contribution in [3.05, 3.63) is 0 Å². The van der Waals surface area contributed by atoms with Gasteiger partial charge in [-0.05, 0) is 6.42 Å². The van der Waals surface area contributed by atoms with E-state index in [1.54, 1.807) is 11.8 Å². The highest BCUT2D eigenvalue weighted by molar-refractivity contribution is 8.00. The first-order chi connectivity index (χ1) is 5.02. The van der Waals surface area contributed by atoms with Crippen LogP contribution in [0.3, 0.4) is 0 Å². The fraction of sp³-hybridized carbons (Fsp3) is 0.857. The smallest absolute Gasteiger partial charge is 0.306 e. The molecular formula is C7H12O3S. The molecule has 0 saturated carbocycles. The summed E-state index contributed by atoms with van der Waals surface area (Å²) < 4.78 is 0. The molecule has 0 bridgehead atoms. The standard InChI is InChI=1S/C7H12O3S/c1-5-2-7(10,4-11-5)3-6(8)9/h5,10H,2-4H2,1H3,(H,8,9). The van der Waals surface area contributed by atoms with Gasteiger partial charge in [-0.3, -0.25) is 4.79 Å². The van der Waals surface area contributed by atoms with Gasteiger partial charge >= 0.3 is 5.97 Å². The van der Waals surface area contributed by atoms with Gasteiger partial charge in [-0.15, -0.1) is 0 Å². The van der Waals surface area contributed by atoms with Crippen LogP contribution in [0.5, 0.6) is 0 Å². The summed E-state index contributed by atoms with van der Waals surface area (Å²) >= 11 is 1.63. The van der Waals surface area contributed by atoms with Crippen LogP contribution >= 0.6 is 11.8 Å². The van der Waals surface area contributed by atoms with Crippen LogP contribution in [-0.2, 0) is 4.79 Å². The Morgan fingerprint density at radius 2 is 2.45 bits per heavy atom. The molecule has 0 aliphatic carbocycles. The van der Waals surface area contributed by atoms with Crippen LogP contribution in [-0.4, -0.2) is 32.8 Å². The number of thioether (sulfide) groups is 1. The Labute approximate surface area is 69.8 Å². The van der Waals surface area contributed by atoms with Crippen LogP contribution in [0.2, 0.25) is 0 Å². The molecule has 2 unspecified atom stereocenters. The van der Waals surface area contributed by atoms with E-state index in [1.807, 2.05) is 6.92 Å². The zero-order valence-corrected chi connectivity index (χ0v) is 7.23. The van der Waals surface area contributed by atoms with Crippen molar-refractivity contribution in [3.8, 4) is 0 Å². The summed E-state index contributed by atoms with van der Waals surface area (Å²) in [5.41, 5.74) is -0.948. The molecule has 0 spiro atoms. The van der Waals surface area contributed by atoms with E-state index < -0.39 is 11.6 Å². The molecule has 0 aromatic carbocycles. The molecule has 0 aromatic heterocycles. The zero-order valence-electron chi connectivity index (χ0n) is 6.41. The average molecular weight is 176 g/mol. The minimum absolute atomic E-state index is 0.121. The van der Waals surface area contributed by atoms with E-state index in [1.165, 1.54) is 0 Å². The van der Waals surface area contributed by atoms with Gasteiger partial charge in [-0.25, -0.2) is 0 Å². The molecule has 4 heteroatoms. The summed E-state index contributed by atoms with van der Waals surface area (Å²) in [6.07, 6.45) is 0.480. The Morgan fingerprint density at radius 3 is 2.82 bits per heavy atom. The van der Waals surface area contributed by atoms with E-state index in [9.17, 15) is 9.90 Å². The predicted molar refractivity (Wildman–Crippen MR) is 43.7 cm³/mol. The lowest BCUT2D eigenvalue weighted by Crippen LogP contribution is -2.31. The number of rotatable bonds is 2. The molecule has 0 radical (unpaired) electrons. The number of carbonyl (C=O) groups is 1. The number of carboxylic acids is 1. The Balaban J connectivity index is 2.48. The number of hydrogen-bond acceptors (Lipinski definition) is 3. The molecular weight excluding hydrogens is 164 g/mol. The maximum Gasteiger partial charge on any atom is 0.306 e. The lowest BCUT2D eigenvalue weighted by molar-refractivity contribution is -0.141. The lowest BCUT2D eigenvalue weighted by Gasteiger charge is -2.18. The summed E-state index contributed by atoms with van der Waals surface area (Å²) in [6.45, 7) is 2.00. The summed E-state index contributed by atoms with van der Waals surface area (Å²) in [5.74, 6) is -0.359. The molecule has 0 amide bonds. The molecule has 0 aromatic rings. The highest BCUT2D eigenvalue weighted by atomic mass is 32.2. The Kier molecular flexibility index (Phi) is 2.44. The minimum atomic E-state index is -0.948. The van der Waals surface area contributed by atoms with Gasteiger partial charge in [0.2, 0.25) is 0 Å². The van der Waals surface area contributed by atoms with Crippen molar-refractivity contribution in [2.45, 2.75) is 30.6 Å². The molecule has 1 saturated heterocycles. The van der Waals surface area contributed by atoms with Crippen LogP contribution in [0, 0.1) is 0 Å². The molecule has 1 heterocycles. The highest BCUT2D eigenvalue weighted by Crippen LogP contribution is 2.36. The maximum absolute atomic E-state index is 10.3.